The Morgan fingerprint density at radius 3 is 1.39 bits per heavy atom. The zero-order chi connectivity index (χ0) is 32.3. The second-order valence-corrected chi connectivity index (χ2v) is 12.8. The summed E-state index contributed by atoms with van der Waals surface area (Å²) >= 11 is 0. The fraction of sp³-hybridized carbons (Fsp3) is 0. The Hall–Kier alpha value is -6.44. The Bertz CT molecular complexity index is 2750. The Balaban J connectivity index is 1.33. The highest BCUT2D eigenvalue weighted by atomic mass is 16.3. The third-order valence-corrected chi connectivity index (χ3v) is 10.0. The van der Waals surface area contributed by atoms with E-state index in [4.69, 9.17) is 4.42 Å². The summed E-state index contributed by atoms with van der Waals surface area (Å²) < 4.78 is 6.55. The molecule has 10 aromatic rings. The summed E-state index contributed by atoms with van der Waals surface area (Å²) in [5, 5.41) is 9.67. The maximum atomic E-state index is 6.55. The lowest BCUT2D eigenvalue weighted by atomic mass is 9.83. The maximum Gasteiger partial charge on any atom is 0.136 e. The van der Waals surface area contributed by atoms with Gasteiger partial charge < -0.3 is 4.42 Å². The van der Waals surface area contributed by atoms with Crippen LogP contribution in [0.3, 0.4) is 0 Å². The van der Waals surface area contributed by atoms with Crippen molar-refractivity contribution in [3.63, 3.8) is 0 Å². The van der Waals surface area contributed by atoms with Gasteiger partial charge in [-0.3, -0.25) is 0 Å². The van der Waals surface area contributed by atoms with E-state index >= 15 is 0 Å². The molecule has 0 spiro atoms. The number of fused-ring (bicyclic) bond motifs is 7. The van der Waals surface area contributed by atoms with Crippen LogP contribution in [0.15, 0.2) is 186 Å². The molecule has 0 radical (unpaired) electrons. The number of hydrogen-bond acceptors (Lipinski definition) is 1. The second kappa shape index (κ2) is 11.1. The topological polar surface area (TPSA) is 13.1 Å². The van der Waals surface area contributed by atoms with Gasteiger partial charge in [-0.2, -0.15) is 0 Å². The molecular weight excluding hydrogens is 593 g/mol. The molecule has 0 aliphatic heterocycles. The minimum absolute atomic E-state index is 0.907. The van der Waals surface area contributed by atoms with Crippen LogP contribution in [0.1, 0.15) is 0 Å². The average Bonchev–Trinajstić information content (AvgIpc) is 3.57. The SMILES string of the molecule is c1ccc(-c2cc(-c3ccccc3)cc(-c3c4ccccc4c(-c4cccc5oc6ccc7ccccc7c6c45)c4ccccc34)c2)cc1. The standard InChI is InChI=1S/C48H30O/c1-3-14-31(15-4-1)34-28-35(32-16-5-2-6-17-32)30-36(29-34)45-38-20-9-11-22-40(38)46(41-23-12-10-21-39(41)45)42-24-13-25-43-48(42)47-37-19-8-7-18-33(37)26-27-44(47)49-43/h1-30H. The normalized spacial score (nSPS) is 11.7. The van der Waals surface area contributed by atoms with Crippen molar-refractivity contribution in [2.45, 2.75) is 0 Å². The van der Waals surface area contributed by atoms with Gasteiger partial charge in [-0.15, -0.1) is 0 Å². The van der Waals surface area contributed by atoms with E-state index in [9.17, 15) is 0 Å². The lowest BCUT2D eigenvalue weighted by Gasteiger charge is -2.19. The van der Waals surface area contributed by atoms with Gasteiger partial charge in [0.05, 0.1) is 0 Å². The molecule has 0 unspecified atom stereocenters. The first-order chi connectivity index (χ1) is 24.3. The highest BCUT2D eigenvalue weighted by Gasteiger charge is 2.21. The van der Waals surface area contributed by atoms with E-state index in [1.54, 1.807) is 0 Å². The van der Waals surface area contributed by atoms with E-state index in [1.165, 1.54) is 82.2 Å². The molecule has 0 aliphatic carbocycles. The fourth-order valence-corrected chi connectivity index (χ4v) is 7.89. The maximum absolute atomic E-state index is 6.55. The molecule has 0 saturated heterocycles. The zero-order valence-corrected chi connectivity index (χ0v) is 26.7. The lowest BCUT2D eigenvalue weighted by molar-refractivity contribution is 0.669. The molecule has 49 heavy (non-hydrogen) atoms. The van der Waals surface area contributed by atoms with Gasteiger partial charge in [0.25, 0.3) is 0 Å². The van der Waals surface area contributed by atoms with Crippen molar-refractivity contribution in [2.75, 3.05) is 0 Å². The van der Waals surface area contributed by atoms with Gasteiger partial charge in [0.1, 0.15) is 11.2 Å². The number of hydrogen-bond donors (Lipinski definition) is 0. The van der Waals surface area contributed by atoms with Crippen LogP contribution in [0, 0.1) is 0 Å². The summed E-state index contributed by atoms with van der Waals surface area (Å²) in [4.78, 5) is 0. The monoisotopic (exact) mass is 622 g/mol. The molecule has 1 aromatic heterocycles. The molecule has 10 rings (SSSR count). The molecule has 9 aromatic carbocycles. The Labute approximate surface area is 284 Å². The summed E-state index contributed by atoms with van der Waals surface area (Å²) in [5.41, 5.74) is 11.5. The quantitative estimate of drug-likeness (QED) is 0.178. The molecule has 0 N–H and O–H groups in total. The van der Waals surface area contributed by atoms with Gasteiger partial charge in [0.15, 0.2) is 0 Å². The van der Waals surface area contributed by atoms with Crippen molar-refractivity contribution in [2.24, 2.45) is 0 Å². The van der Waals surface area contributed by atoms with Gasteiger partial charge >= 0.3 is 0 Å². The molecule has 0 aliphatic rings. The van der Waals surface area contributed by atoms with Gasteiger partial charge in [0, 0.05) is 10.8 Å². The summed E-state index contributed by atoms with van der Waals surface area (Å²) in [6, 6.07) is 65.8. The first kappa shape index (κ1) is 27.7. The van der Waals surface area contributed by atoms with Gasteiger partial charge in [-0.25, -0.2) is 0 Å². The Morgan fingerprint density at radius 2 is 0.776 bits per heavy atom. The fourth-order valence-electron chi connectivity index (χ4n) is 7.89. The van der Waals surface area contributed by atoms with Crippen molar-refractivity contribution >= 4 is 54.3 Å². The third kappa shape index (κ3) is 4.40. The van der Waals surface area contributed by atoms with Gasteiger partial charge in [0.2, 0.25) is 0 Å². The van der Waals surface area contributed by atoms with Crippen molar-refractivity contribution in [3.8, 4) is 44.5 Å². The second-order valence-electron chi connectivity index (χ2n) is 12.8. The van der Waals surface area contributed by atoms with E-state index in [2.05, 4.69) is 182 Å². The molecule has 0 amide bonds. The van der Waals surface area contributed by atoms with E-state index in [0.29, 0.717) is 0 Å². The van der Waals surface area contributed by atoms with Crippen LogP contribution in [0.4, 0.5) is 0 Å². The molecular formula is C48H30O. The smallest absolute Gasteiger partial charge is 0.136 e. The van der Waals surface area contributed by atoms with E-state index < -0.39 is 0 Å². The summed E-state index contributed by atoms with van der Waals surface area (Å²) in [5.74, 6) is 0. The highest BCUT2D eigenvalue weighted by Crippen LogP contribution is 2.48. The van der Waals surface area contributed by atoms with Crippen molar-refractivity contribution < 1.29 is 4.42 Å². The largest absolute Gasteiger partial charge is 0.456 e. The van der Waals surface area contributed by atoms with Gasteiger partial charge in [-0.1, -0.05) is 152 Å². The minimum atomic E-state index is 0.907. The first-order valence-electron chi connectivity index (χ1n) is 16.8. The van der Waals surface area contributed by atoms with Crippen LogP contribution in [0.2, 0.25) is 0 Å². The number of furan rings is 1. The van der Waals surface area contributed by atoms with Crippen molar-refractivity contribution in [1.29, 1.82) is 0 Å². The Kier molecular flexibility index (Phi) is 6.25. The highest BCUT2D eigenvalue weighted by molar-refractivity contribution is 6.28. The van der Waals surface area contributed by atoms with Crippen LogP contribution >= 0.6 is 0 Å². The van der Waals surface area contributed by atoms with Crippen molar-refractivity contribution in [1.82, 2.24) is 0 Å². The van der Waals surface area contributed by atoms with Gasteiger partial charge in [-0.05, 0) is 107 Å². The van der Waals surface area contributed by atoms with Crippen LogP contribution in [-0.2, 0) is 0 Å². The molecule has 0 fully saturated rings. The van der Waals surface area contributed by atoms with Crippen LogP contribution in [0.25, 0.3) is 98.8 Å². The molecule has 1 heterocycles. The zero-order valence-electron chi connectivity index (χ0n) is 26.7. The predicted molar refractivity (Wildman–Crippen MR) is 208 cm³/mol. The average molecular weight is 623 g/mol. The first-order valence-corrected chi connectivity index (χ1v) is 16.8. The van der Waals surface area contributed by atoms with Crippen LogP contribution in [0.5, 0.6) is 0 Å². The molecule has 0 atom stereocenters. The molecule has 1 nitrogen and oxygen atoms in total. The molecule has 0 saturated carbocycles. The minimum Gasteiger partial charge on any atom is -0.456 e. The third-order valence-electron chi connectivity index (χ3n) is 10.0. The predicted octanol–water partition coefficient (Wildman–Crippen LogP) is 13.7. The van der Waals surface area contributed by atoms with E-state index in [-0.39, 0.29) is 0 Å². The molecule has 228 valence electrons. The molecule has 0 bridgehead atoms. The van der Waals surface area contributed by atoms with Crippen LogP contribution < -0.4 is 0 Å². The summed E-state index contributed by atoms with van der Waals surface area (Å²) in [6.45, 7) is 0. The summed E-state index contributed by atoms with van der Waals surface area (Å²) in [6.07, 6.45) is 0. The van der Waals surface area contributed by atoms with Crippen LogP contribution in [-0.4, -0.2) is 0 Å². The summed E-state index contributed by atoms with van der Waals surface area (Å²) in [7, 11) is 0. The number of rotatable bonds is 4. The van der Waals surface area contributed by atoms with E-state index in [0.717, 1.165) is 16.6 Å². The van der Waals surface area contributed by atoms with Crippen molar-refractivity contribution in [3.05, 3.63) is 182 Å². The number of benzene rings is 9. The molecule has 1 heteroatoms. The lowest BCUT2D eigenvalue weighted by Crippen LogP contribution is -1.92. The van der Waals surface area contributed by atoms with E-state index in [1.807, 2.05) is 0 Å². The Morgan fingerprint density at radius 1 is 0.286 bits per heavy atom.